The first kappa shape index (κ1) is 13.8. The van der Waals surface area contributed by atoms with E-state index >= 15 is 0 Å². The summed E-state index contributed by atoms with van der Waals surface area (Å²) in [5.74, 6) is 0. The zero-order valence-corrected chi connectivity index (χ0v) is 12.9. The minimum absolute atomic E-state index is 0.825. The summed E-state index contributed by atoms with van der Waals surface area (Å²) in [6.45, 7) is 4.09. The van der Waals surface area contributed by atoms with Gasteiger partial charge in [0.15, 0.2) is 0 Å². The molecule has 0 bridgehead atoms. The van der Waals surface area contributed by atoms with Gasteiger partial charge in [-0.2, -0.15) is 5.10 Å². The van der Waals surface area contributed by atoms with Crippen LogP contribution in [0.5, 0.6) is 0 Å². The second kappa shape index (κ2) is 6.06. The van der Waals surface area contributed by atoms with Crippen molar-refractivity contribution in [2.24, 2.45) is 5.10 Å². The van der Waals surface area contributed by atoms with Crippen LogP contribution in [-0.2, 0) is 0 Å². The summed E-state index contributed by atoms with van der Waals surface area (Å²) >= 11 is 1.57. The molecule has 0 radical (unpaired) electrons. The molecule has 2 aromatic carbocycles. The van der Waals surface area contributed by atoms with E-state index in [2.05, 4.69) is 70.3 Å². The maximum absolute atomic E-state index is 4.59. The average molecular weight is 295 g/mol. The molecule has 21 heavy (non-hydrogen) atoms. The molecule has 1 aromatic heterocycles. The van der Waals surface area contributed by atoms with Gasteiger partial charge in [-0.1, -0.05) is 43.3 Å². The van der Waals surface area contributed by atoms with Gasteiger partial charge in [0.25, 0.3) is 0 Å². The molecular weight excluding hydrogens is 278 g/mol. The highest BCUT2D eigenvalue weighted by atomic mass is 32.1. The number of nitrogens with one attached hydrogen (secondary N) is 1. The summed E-state index contributed by atoms with van der Waals surface area (Å²) in [6.07, 6.45) is 0.940. The van der Waals surface area contributed by atoms with Gasteiger partial charge in [0.05, 0.1) is 5.69 Å². The molecule has 0 fully saturated rings. The zero-order chi connectivity index (χ0) is 14.7. The van der Waals surface area contributed by atoms with Gasteiger partial charge >= 0.3 is 0 Å². The molecule has 3 aromatic rings. The summed E-state index contributed by atoms with van der Waals surface area (Å²) < 4.78 is 0. The van der Waals surface area contributed by atoms with Crippen LogP contribution in [0.2, 0.25) is 0 Å². The fourth-order valence-corrected chi connectivity index (χ4v) is 2.69. The van der Waals surface area contributed by atoms with Crippen molar-refractivity contribution in [3.05, 3.63) is 47.8 Å². The van der Waals surface area contributed by atoms with E-state index in [9.17, 15) is 0 Å². The van der Waals surface area contributed by atoms with Crippen molar-refractivity contribution < 1.29 is 0 Å². The largest absolute Gasteiger partial charge is 0.253 e. The first-order chi connectivity index (χ1) is 10.3. The lowest BCUT2D eigenvalue weighted by Crippen LogP contribution is -1.95. The Kier molecular flexibility index (Phi) is 3.97. The number of anilines is 1. The summed E-state index contributed by atoms with van der Waals surface area (Å²) in [5, 5.41) is 9.65. The highest BCUT2D eigenvalue weighted by molar-refractivity contribution is 7.14. The van der Waals surface area contributed by atoms with Crippen molar-refractivity contribution in [3.8, 4) is 11.3 Å². The van der Waals surface area contributed by atoms with Crippen LogP contribution in [0.3, 0.4) is 0 Å². The topological polar surface area (TPSA) is 37.3 Å². The van der Waals surface area contributed by atoms with E-state index in [0.717, 1.165) is 28.5 Å². The van der Waals surface area contributed by atoms with Crippen LogP contribution < -0.4 is 5.43 Å². The molecule has 106 valence electrons. The van der Waals surface area contributed by atoms with E-state index in [1.54, 1.807) is 11.3 Å². The second-order valence-corrected chi connectivity index (χ2v) is 5.77. The number of hydrazone groups is 1. The predicted octanol–water partition coefficient (Wildman–Crippen LogP) is 5.16. The number of hydrogen-bond donors (Lipinski definition) is 1. The standard InChI is InChI=1S/C17H17N3S/c1-3-12(2)19-20-17-18-16(11-21-17)15-9-8-13-6-4-5-7-14(13)10-15/h4-11H,3H2,1-2H3,(H,18,20)/b19-12-. The molecule has 3 rings (SSSR count). The summed E-state index contributed by atoms with van der Waals surface area (Å²) in [6, 6.07) is 14.8. The van der Waals surface area contributed by atoms with Crippen LogP contribution in [0.4, 0.5) is 5.13 Å². The summed E-state index contributed by atoms with van der Waals surface area (Å²) in [4.78, 5) is 4.59. The van der Waals surface area contributed by atoms with Gasteiger partial charge in [0, 0.05) is 16.7 Å². The Bertz CT molecular complexity index is 789. The van der Waals surface area contributed by atoms with Gasteiger partial charge in [-0.15, -0.1) is 11.3 Å². The number of benzene rings is 2. The van der Waals surface area contributed by atoms with Crippen molar-refractivity contribution in [1.82, 2.24) is 4.98 Å². The van der Waals surface area contributed by atoms with Gasteiger partial charge in [0.1, 0.15) is 0 Å². The van der Waals surface area contributed by atoms with Crippen LogP contribution in [0, 0.1) is 0 Å². The number of thiazole rings is 1. The van der Waals surface area contributed by atoms with Crippen molar-refractivity contribution in [1.29, 1.82) is 0 Å². The third-order valence-corrected chi connectivity index (χ3v) is 4.15. The molecule has 0 aliphatic heterocycles. The molecule has 0 aliphatic rings. The SMILES string of the molecule is CC/C(C)=N\Nc1nc(-c2ccc3ccccc3c2)cs1. The monoisotopic (exact) mass is 295 g/mol. The van der Waals surface area contributed by atoms with Gasteiger partial charge in [0.2, 0.25) is 5.13 Å². The van der Waals surface area contributed by atoms with E-state index in [1.165, 1.54) is 10.8 Å². The molecule has 0 spiro atoms. The Morgan fingerprint density at radius 3 is 2.81 bits per heavy atom. The molecule has 0 atom stereocenters. The number of fused-ring (bicyclic) bond motifs is 1. The van der Waals surface area contributed by atoms with E-state index in [4.69, 9.17) is 0 Å². The third-order valence-electron chi connectivity index (χ3n) is 3.40. The van der Waals surface area contributed by atoms with Crippen LogP contribution >= 0.6 is 11.3 Å². The first-order valence-electron chi connectivity index (χ1n) is 7.00. The van der Waals surface area contributed by atoms with E-state index in [-0.39, 0.29) is 0 Å². The highest BCUT2D eigenvalue weighted by Crippen LogP contribution is 2.27. The van der Waals surface area contributed by atoms with Gasteiger partial charge in [-0.25, -0.2) is 4.98 Å². The smallest absolute Gasteiger partial charge is 0.203 e. The summed E-state index contributed by atoms with van der Waals surface area (Å²) in [5.41, 5.74) is 6.20. The molecule has 0 saturated carbocycles. The maximum Gasteiger partial charge on any atom is 0.203 e. The van der Waals surface area contributed by atoms with Gasteiger partial charge in [-0.3, -0.25) is 5.43 Å². The Labute approximate surface area is 128 Å². The van der Waals surface area contributed by atoms with Crippen molar-refractivity contribution in [3.63, 3.8) is 0 Å². The lowest BCUT2D eigenvalue weighted by Gasteiger charge is -2.01. The number of nitrogens with zero attached hydrogens (tertiary/aromatic N) is 2. The van der Waals surface area contributed by atoms with Gasteiger partial charge in [-0.05, 0) is 30.2 Å². The molecule has 4 heteroatoms. The average Bonchev–Trinajstić information content (AvgIpc) is 3.01. The number of rotatable bonds is 4. The predicted molar refractivity (Wildman–Crippen MR) is 92.1 cm³/mol. The zero-order valence-electron chi connectivity index (χ0n) is 12.1. The Hall–Kier alpha value is -2.20. The quantitative estimate of drug-likeness (QED) is 0.533. The van der Waals surface area contributed by atoms with Crippen LogP contribution in [-0.4, -0.2) is 10.7 Å². The molecule has 0 saturated heterocycles. The second-order valence-electron chi connectivity index (χ2n) is 4.91. The molecule has 3 nitrogen and oxygen atoms in total. The van der Waals surface area contributed by atoms with E-state index in [0.29, 0.717) is 0 Å². The van der Waals surface area contributed by atoms with Crippen molar-refractivity contribution in [2.75, 3.05) is 5.43 Å². The minimum Gasteiger partial charge on any atom is -0.253 e. The maximum atomic E-state index is 4.59. The molecule has 0 aliphatic carbocycles. The lowest BCUT2D eigenvalue weighted by molar-refractivity contribution is 1.20. The molecular formula is C17H17N3S. The highest BCUT2D eigenvalue weighted by Gasteiger charge is 2.05. The number of hydrogen-bond acceptors (Lipinski definition) is 4. The Morgan fingerprint density at radius 2 is 2.00 bits per heavy atom. The van der Waals surface area contributed by atoms with Gasteiger partial charge < -0.3 is 0 Å². The van der Waals surface area contributed by atoms with E-state index < -0.39 is 0 Å². The number of aromatic nitrogens is 1. The van der Waals surface area contributed by atoms with Crippen LogP contribution in [0.1, 0.15) is 20.3 Å². The Morgan fingerprint density at radius 1 is 1.19 bits per heavy atom. The third kappa shape index (κ3) is 3.11. The van der Waals surface area contributed by atoms with Crippen LogP contribution in [0.25, 0.3) is 22.0 Å². The first-order valence-corrected chi connectivity index (χ1v) is 7.88. The van der Waals surface area contributed by atoms with E-state index in [1.807, 2.05) is 6.92 Å². The fraction of sp³-hybridized carbons (Fsp3) is 0.176. The van der Waals surface area contributed by atoms with Crippen molar-refractivity contribution >= 4 is 33.0 Å². The minimum atomic E-state index is 0.825. The Balaban J connectivity index is 1.87. The van der Waals surface area contributed by atoms with Crippen LogP contribution in [0.15, 0.2) is 52.9 Å². The summed E-state index contributed by atoms with van der Waals surface area (Å²) in [7, 11) is 0. The molecule has 1 heterocycles. The normalized spacial score (nSPS) is 11.8. The molecule has 0 unspecified atom stereocenters. The molecule has 1 N–H and O–H groups in total. The van der Waals surface area contributed by atoms with Crippen molar-refractivity contribution in [2.45, 2.75) is 20.3 Å². The molecule has 0 amide bonds. The lowest BCUT2D eigenvalue weighted by atomic mass is 10.1. The fourth-order valence-electron chi connectivity index (χ4n) is 2.03.